The van der Waals surface area contributed by atoms with Crippen molar-refractivity contribution in [3.63, 3.8) is 0 Å². The van der Waals surface area contributed by atoms with Crippen LogP contribution in [0.15, 0.2) is 29.2 Å². The second kappa shape index (κ2) is 9.52. The number of nitrogens with zero attached hydrogens (tertiary/aromatic N) is 1. The number of benzene rings is 1. The van der Waals surface area contributed by atoms with E-state index in [1.165, 1.54) is 24.3 Å². The van der Waals surface area contributed by atoms with E-state index in [1.54, 1.807) is 11.8 Å². The maximum absolute atomic E-state index is 12.4. The highest BCUT2D eigenvalue weighted by Gasteiger charge is 2.29. The lowest BCUT2D eigenvalue weighted by molar-refractivity contribution is -0.140. The van der Waals surface area contributed by atoms with E-state index in [-0.39, 0.29) is 41.1 Å². The van der Waals surface area contributed by atoms with E-state index in [4.69, 9.17) is 4.74 Å². The molecule has 0 saturated carbocycles. The largest absolute Gasteiger partial charge is 0.452 e. The molecule has 1 aromatic carbocycles. The minimum Gasteiger partial charge on any atom is -0.452 e. The van der Waals surface area contributed by atoms with Gasteiger partial charge in [0.15, 0.2) is 6.61 Å². The fourth-order valence-corrected chi connectivity index (χ4v) is 4.71. The molecule has 1 heterocycles. The van der Waals surface area contributed by atoms with Crippen LogP contribution in [0.1, 0.15) is 63.7 Å². The van der Waals surface area contributed by atoms with Crippen molar-refractivity contribution in [2.75, 3.05) is 6.61 Å². The van der Waals surface area contributed by atoms with Crippen molar-refractivity contribution in [1.82, 2.24) is 9.62 Å². The summed E-state index contributed by atoms with van der Waals surface area (Å²) < 4.78 is 32.2. The third kappa shape index (κ3) is 5.54. The average molecular weight is 411 g/mol. The van der Waals surface area contributed by atoms with Gasteiger partial charge >= 0.3 is 5.97 Å². The van der Waals surface area contributed by atoms with Gasteiger partial charge in [-0.1, -0.05) is 6.92 Å². The first kappa shape index (κ1) is 22.4. The number of carbonyl (C=O) groups excluding carboxylic acids is 2. The van der Waals surface area contributed by atoms with Crippen molar-refractivity contribution < 1.29 is 22.7 Å². The Labute approximate surface area is 167 Å². The van der Waals surface area contributed by atoms with Crippen molar-refractivity contribution in [1.29, 1.82) is 0 Å². The van der Waals surface area contributed by atoms with Crippen LogP contribution in [0.5, 0.6) is 0 Å². The number of likely N-dealkylation sites (tertiary alicyclic amines) is 1. The van der Waals surface area contributed by atoms with Crippen LogP contribution in [0.2, 0.25) is 0 Å². The number of hydrogen-bond acceptors (Lipinski definition) is 5. The summed E-state index contributed by atoms with van der Waals surface area (Å²) in [6, 6.07) is 5.60. The van der Waals surface area contributed by atoms with Crippen LogP contribution < -0.4 is 4.72 Å². The summed E-state index contributed by atoms with van der Waals surface area (Å²) in [5.41, 5.74) is 0.204. The molecule has 0 spiro atoms. The summed E-state index contributed by atoms with van der Waals surface area (Å²) in [4.78, 5) is 26.5. The maximum Gasteiger partial charge on any atom is 0.338 e. The highest BCUT2D eigenvalue weighted by molar-refractivity contribution is 7.89. The molecule has 3 atom stereocenters. The molecule has 0 aromatic heterocycles. The zero-order chi connectivity index (χ0) is 20.9. The summed E-state index contributed by atoms with van der Waals surface area (Å²) in [6.07, 6.45) is 3.66. The quantitative estimate of drug-likeness (QED) is 0.698. The molecule has 7 nitrogen and oxygen atoms in total. The van der Waals surface area contributed by atoms with Crippen LogP contribution in [0.3, 0.4) is 0 Å². The zero-order valence-corrected chi connectivity index (χ0v) is 17.8. The van der Waals surface area contributed by atoms with Gasteiger partial charge in [0.1, 0.15) is 0 Å². The molecule has 1 aliphatic rings. The van der Waals surface area contributed by atoms with Crippen molar-refractivity contribution in [2.45, 2.75) is 76.4 Å². The Morgan fingerprint density at radius 3 is 2.29 bits per heavy atom. The van der Waals surface area contributed by atoms with Crippen LogP contribution in [0.4, 0.5) is 0 Å². The molecular weight excluding hydrogens is 380 g/mol. The Kier molecular flexibility index (Phi) is 7.60. The highest BCUT2D eigenvalue weighted by atomic mass is 32.2. The Hall–Kier alpha value is -1.93. The molecule has 1 amide bonds. The van der Waals surface area contributed by atoms with Crippen molar-refractivity contribution >= 4 is 21.9 Å². The summed E-state index contributed by atoms with van der Waals surface area (Å²) in [6.45, 7) is 7.36. The van der Waals surface area contributed by atoms with Crippen LogP contribution in [0, 0.1) is 0 Å². The topological polar surface area (TPSA) is 92.8 Å². The second-order valence-corrected chi connectivity index (χ2v) is 9.18. The maximum atomic E-state index is 12.4. The molecule has 0 unspecified atom stereocenters. The molecule has 1 N–H and O–H groups in total. The molecule has 0 radical (unpaired) electrons. The van der Waals surface area contributed by atoms with Crippen molar-refractivity contribution in [2.24, 2.45) is 0 Å². The fourth-order valence-electron chi connectivity index (χ4n) is 3.38. The van der Waals surface area contributed by atoms with Gasteiger partial charge < -0.3 is 9.64 Å². The van der Waals surface area contributed by atoms with E-state index >= 15 is 0 Å². The van der Waals surface area contributed by atoms with Gasteiger partial charge in [0.05, 0.1) is 10.5 Å². The molecule has 0 aliphatic carbocycles. The van der Waals surface area contributed by atoms with Gasteiger partial charge in [-0.15, -0.1) is 0 Å². The van der Waals surface area contributed by atoms with Crippen LogP contribution in [-0.2, 0) is 19.6 Å². The highest BCUT2D eigenvalue weighted by Crippen LogP contribution is 2.22. The van der Waals surface area contributed by atoms with E-state index in [0.29, 0.717) is 6.42 Å². The van der Waals surface area contributed by atoms with E-state index in [2.05, 4.69) is 4.72 Å². The Bertz CT molecular complexity index is 781. The first-order chi connectivity index (χ1) is 13.2. The first-order valence-electron chi connectivity index (χ1n) is 9.76. The monoisotopic (exact) mass is 410 g/mol. The lowest BCUT2D eigenvalue weighted by atomic mass is 9.97. The predicted octanol–water partition coefficient (Wildman–Crippen LogP) is 2.71. The number of piperidine rings is 1. The normalized spacial score (nSPS) is 21.2. The SMILES string of the molecule is CC[C@@H](C)NS(=O)(=O)c1ccc(C(=O)OCC(=O)N2[C@H](C)CCC[C@@H]2C)cc1. The number of sulfonamides is 1. The minimum absolute atomic E-state index is 0.0800. The van der Waals surface area contributed by atoms with E-state index in [1.807, 2.05) is 20.8 Å². The van der Waals surface area contributed by atoms with E-state index < -0.39 is 16.0 Å². The van der Waals surface area contributed by atoms with Gasteiger partial charge in [-0.3, -0.25) is 4.79 Å². The van der Waals surface area contributed by atoms with Gasteiger partial charge in [0, 0.05) is 18.1 Å². The van der Waals surface area contributed by atoms with Crippen LogP contribution >= 0.6 is 0 Å². The molecule has 1 saturated heterocycles. The number of esters is 1. The summed E-state index contributed by atoms with van der Waals surface area (Å²) in [7, 11) is -3.63. The minimum atomic E-state index is -3.63. The van der Waals surface area contributed by atoms with Crippen LogP contribution in [0.25, 0.3) is 0 Å². The van der Waals surface area contributed by atoms with E-state index in [9.17, 15) is 18.0 Å². The fraction of sp³-hybridized carbons (Fsp3) is 0.600. The number of carbonyl (C=O) groups is 2. The third-order valence-electron chi connectivity index (χ3n) is 5.18. The molecule has 1 aromatic rings. The number of hydrogen-bond donors (Lipinski definition) is 1. The van der Waals surface area contributed by atoms with Gasteiger partial charge in [-0.05, 0) is 70.7 Å². The average Bonchev–Trinajstić information content (AvgIpc) is 2.65. The standard InChI is InChI=1S/C20H30N2O5S/c1-5-14(2)21-28(25,26)18-11-9-17(10-12-18)20(24)27-13-19(23)22-15(3)7-6-8-16(22)4/h9-12,14-16,21H,5-8,13H2,1-4H3/t14-,15-,16+/m1/s1. The van der Waals surface area contributed by atoms with Crippen LogP contribution in [-0.4, -0.2) is 49.9 Å². The smallest absolute Gasteiger partial charge is 0.338 e. The predicted molar refractivity (Wildman–Crippen MR) is 106 cm³/mol. The number of nitrogens with one attached hydrogen (secondary N) is 1. The molecule has 1 aliphatic heterocycles. The number of rotatable bonds is 7. The molecule has 2 rings (SSSR count). The van der Waals surface area contributed by atoms with Crippen molar-refractivity contribution in [3.8, 4) is 0 Å². The molecular formula is C20H30N2O5S. The van der Waals surface area contributed by atoms with Gasteiger partial charge in [0.2, 0.25) is 10.0 Å². The molecule has 8 heteroatoms. The summed E-state index contributed by atoms with van der Waals surface area (Å²) >= 11 is 0. The van der Waals surface area contributed by atoms with Gasteiger partial charge in [-0.25, -0.2) is 17.9 Å². The summed E-state index contributed by atoms with van der Waals surface area (Å²) in [5.74, 6) is -0.852. The van der Waals surface area contributed by atoms with E-state index in [0.717, 1.165) is 19.3 Å². The lowest BCUT2D eigenvalue weighted by Gasteiger charge is -2.38. The Morgan fingerprint density at radius 1 is 1.18 bits per heavy atom. The van der Waals surface area contributed by atoms with Crippen molar-refractivity contribution in [3.05, 3.63) is 29.8 Å². The zero-order valence-electron chi connectivity index (χ0n) is 17.0. The second-order valence-electron chi connectivity index (χ2n) is 7.46. The molecule has 28 heavy (non-hydrogen) atoms. The Morgan fingerprint density at radius 2 is 1.75 bits per heavy atom. The van der Waals surface area contributed by atoms with Gasteiger partial charge in [0.25, 0.3) is 5.91 Å². The third-order valence-corrected chi connectivity index (χ3v) is 6.78. The molecule has 1 fully saturated rings. The lowest BCUT2D eigenvalue weighted by Crippen LogP contribution is -2.49. The molecule has 0 bridgehead atoms. The first-order valence-corrected chi connectivity index (χ1v) is 11.2. The Balaban J connectivity index is 1.97. The summed E-state index contributed by atoms with van der Waals surface area (Å²) in [5, 5.41) is 0. The number of amides is 1. The number of ether oxygens (including phenoxy) is 1. The van der Waals surface area contributed by atoms with Gasteiger partial charge in [-0.2, -0.15) is 0 Å². The molecule has 156 valence electrons.